The van der Waals surface area contributed by atoms with Crippen LogP contribution in [0.5, 0.6) is 17.2 Å². The molecular formula is C27H27ClN4O7S. The molecule has 210 valence electrons. The Hall–Kier alpha value is -4.29. The summed E-state index contributed by atoms with van der Waals surface area (Å²) in [5, 5.41) is 10.9. The van der Waals surface area contributed by atoms with Crippen LogP contribution in [0.15, 0.2) is 70.0 Å². The first kappa shape index (κ1) is 28.7. The fourth-order valence-corrected chi connectivity index (χ4v) is 4.86. The average Bonchev–Trinajstić information content (AvgIpc) is 3.39. The maximum Gasteiger partial charge on any atom is 0.322 e. The number of carbonyl (C=O) groups excluding carboxylic acids is 1. The van der Waals surface area contributed by atoms with E-state index >= 15 is 0 Å². The van der Waals surface area contributed by atoms with Crippen molar-refractivity contribution in [2.45, 2.75) is 25.7 Å². The lowest BCUT2D eigenvalue weighted by Gasteiger charge is -2.16. The molecular weight excluding hydrogens is 560 g/mol. The van der Waals surface area contributed by atoms with Crippen LogP contribution in [0.1, 0.15) is 31.1 Å². The van der Waals surface area contributed by atoms with Crippen LogP contribution < -0.4 is 24.2 Å². The van der Waals surface area contributed by atoms with Gasteiger partial charge in [0.15, 0.2) is 11.5 Å². The third kappa shape index (κ3) is 6.64. The molecule has 0 unspecified atom stereocenters. The number of hydrogen-bond donors (Lipinski definition) is 2. The van der Waals surface area contributed by atoms with Gasteiger partial charge >= 0.3 is 6.01 Å². The van der Waals surface area contributed by atoms with E-state index in [1.807, 2.05) is 20.8 Å². The zero-order valence-electron chi connectivity index (χ0n) is 21.9. The fraction of sp³-hybridized carbons (Fsp3) is 0.222. The third-order valence-electron chi connectivity index (χ3n) is 5.34. The summed E-state index contributed by atoms with van der Waals surface area (Å²) < 4.78 is 51.0. The number of sulfonamides is 1. The van der Waals surface area contributed by atoms with E-state index in [0.717, 1.165) is 0 Å². The van der Waals surface area contributed by atoms with Crippen LogP contribution in [-0.4, -0.2) is 44.3 Å². The number of aromatic nitrogens is 2. The molecule has 0 atom stereocenters. The van der Waals surface area contributed by atoms with E-state index in [0.29, 0.717) is 47.7 Å². The van der Waals surface area contributed by atoms with Gasteiger partial charge in [-0.15, -0.1) is 5.10 Å². The van der Waals surface area contributed by atoms with Gasteiger partial charge in [-0.3, -0.25) is 14.8 Å². The van der Waals surface area contributed by atoms with Gasteiger partial charge < -0.3 is 18.6 Å². The van der Waals surface area contributed by atoms with Crippen molar-refractivity contribution in [1.82, 2.24) is 10.2 Å². The van der Waals surface area contributed by atoms with Gasteiger partial charge in [0, 0.05) is 10.6 Å². The first-order valence-electron chi connectivity index (χ1n) is 12.3. The molecule has 11 nitrogen and oxygen atoms in total. The van der Waals surface area contributed by atoms with E-state index in [1.165, 1.54) is 36.4 Å². The third-order valence-corrected chi connectivity index (χ3v) is 6.97. The molecule has 40 heavy (non-hydrogen) atoms. The molecule has 0 saturated carbocycles. The van der Waals surface area contributed by atoms with Gasteiger partial charge in [-0.05, 0) is 69.3 Å². The first-order valence-corrected chi connectivity index (χ1v) is 14.2. The fourth-order valence-electron chi connectivity index (χ4n) is 3.65. The summed E-state index contributed by atoms with van der Waals surface area (Å²) in [6.45, 7) is 6.73. The van der Waals surface area contributed by atoms with Crippen molar-refractivity contribution in [3.63, 3.8) is 0 Å². The van der Waals surface area contributed by atoms with Crippen LogP contribution >= 0.6 is 11.6 Å². The molecule has 0 fully saturated rings. The second kappa shape index (κ2) is 12.7. The monoisotopic (exact) mass is 586 g/mol. The van der Waals surface area contributed by atoms with Crippen LogP contribution in [-0.2, 0) is 10.0 Å². The van der Waals surface area contributed by atoms with Gasteiger partial charge in [-0.2, -0.15) is 0 Å². The molecule has 4 rings (SSSR count). The number of nitrogens with zero attached hydrogens (tertiary/aromatic N) is 2. The van der Waals surface area contributed by atoms with Crippen molar-refractivity contribution in [1.29, 1.82) is 0 Å². The van der Waals surface area contributed by atoms with Crippen molar-refractivity contribution in [3.05, 3.63) is 71.2 Å². The second-order valence-electron chi connectivity index (χ2n) is 8.07. The molecule has 0 aliphatic rings. The number of amides is 1. The lowest BCUT2D eigenvalue weighted by atomic mass is 10.1. The van der Waals surface area contributed by atoms with E-state index in [2.05, 4.69) is 20.2 Å². The zero-order valence-corrected chi connectivity index (χ0v) is 23.5. The highest BCUT2D eigenvalue weighted by molar-refractivity contribution is 7.92. The Morgan fingerprint density at radius 1 is 0.900 bits per heavy atom. The van der Waals surface area contributed by atoms with Gasteiger partial charge in [0.25, 0.3) is 15.9 Å². The number of nitrogens with one attached hydrogen (secondary N) is 2. The number of ether oxygens (including phenoxy) is 3. The minimum atomic E-state index is -3.99. The summed E-state index contributed by atoms with van der Waals surface area (Å²) in [5.74, 6) is 0.769. The molecule has 13 heteroatoms. The SMILES string of the molecule is CCOc1cc(-c2nnc(NC(=O)c3ccccc3NS(=O)(=O)c3ccc(Cl)cc3)o2)cc(OCC)c1OCC. The molecule has 1 aromatic heterocycles. The van der Waals surface area contributed by atoms with E-state index in [1.54, 1.807) is 24.3 Å². The highest BCUT2D eigenvalue weighted by Crippen LogP contribution is 2.42. The van der Waals surface area contributed by atoms with Crippen LogP contribution in [0.2, 0.25) is 5.02 Å². The lowest BCUT2D eigenvalue weighted by Crippen LogP contribution is -2.18. The zero-order chi connectivity index (χ0) is 28.7. The Bertz CT molecular complexity index is 1560. The quantitative estimate of drug-likeness (QED) is 0.216. The van der Waals surface area contributed by atoms with Crippen molar-refractivity contribution in [2.75, 3.05) is 29.9 Å². The molecule has 0 aliphatic carbocycles. The number of benzene rings is 3. The highest BCUT2D eigenvalue weighted by Gasteiger charge is 2.22. The Labute approximate surface area is 236 Å². The molecule has 3 aromatic carbocycles. The topological polar surface area (TPSA) is 142 Å². The number of carbonyl (C=O) groups is 1. The standard InChI is InChI=1S/C27H27ClN4O7S/c1-4-36-22-15-17(16-23(37-5-2)24(22)38-6-3)26-30-31-27(39-26)29-25(33)20-9-7-8-10-21(20)32-40(34,35)19-13-11-18(28)12-14-19/h7-16,32H,4-6H2,1-3H3,(H,29,31,33). The van der Waals surface area contributed by atoms with Crippen molar-refractivity contribution in [3.8, 4) is 28.7 Å². The summed E-state index contributed by atoms with van der Waals surface area (Å²) in [4.78, 5) is 13.1. The van der Waals surface area contributed by atoms with Crippen molar-refractivity contribution in [2.24, 2.45) is 0 Å². The number of hydrogen-bond acceptors (Lipinski definition) is 9. The van der Waals surface area contributed by atoms with Gasteiger partial charge in [-0.1, -0.05) is 28.8 Å². The van der Waals surface area contributed by atoms with Gasteiger partial charge in [0.1, 0.15) is 0 Å². The molecule has 0 spiro atoms. The van der Waals surface area contributed by atoms with E-state index in [9.17, 15) is 13.2 Å². The predicted molar refractivity (Wildman–Crippen MR) is 150 cm³/mol. The predicted octanol–water partition coefficient (Wildman–Crippen LogP) is 5.64. The number of para-hydroxylation sites is 1. The van der Waals surface area contributed by atoms with Crippen molar-refractivity contribution >= 4 is 39.2 Å². The largest absolute Gasteiger partial charge is 0.490 e. The summed E-state index contributed by atoms with van der Waals surface area (Å²) in [6, 6.07) is 14.9. The van der Waals surface area contributed by atoms with Crippen molar-refractivity contribution < 1.29 is 31.8 Å². The Balaban J connectivity index is 1.58. The maximum atomic E-state index is 13.1. The lowest BCUT2D eigenvalue weighted by molar-refractivity contribution is 0.102. The van der Waals surface area contributed by atoms with E-state index in [-0.39, 0.29) is 28.1 Å². The van der Waals surface area contributed by atoms with Gasteiger partial charge in [0.2, 0.25) is 11.6 Å². The van der Waals surface area contributed by atoms with E-state index in [4.69, 9.17) is 30.2 Å². The Kier molecular flexibility index (Phi) is 9.12. The van der Waals surface area contributed by atoms with Crippen LogP contribution in [0.3, 0.4) is 0 Å². The maximum absolute atomic E-state index is 13.1. The number of rotatable bonds is 12. The molecule has 0 aliphatic heterocycles. The summed E-state index contributed by atoms with van der Waals surface area (Å²) in [7, 11) is -3.99. The molecule has 0 saturated heterocycles. The number of halogens is 1. The minimum absolute atomic E-state index is 0.0122. The van der Waals surface area contributed by atoms with E-state index < -0.39 is 15.9 Å². The Morgan fingerprint density at radius 3 is 2.15 bits per heavy atom. The summed E-state index contributed by atoms with van der Waals surface area (Å²) >= 11 is 5.86. The normalized spacial score (nSPS) is 11.1. The highest BCUT2D eigenvalue weighted by atomic mass is 35.5. The second-order valence-corrected chi connectivity index (χ2v) is 10.2. The summed E-state index contributed by atoms with van der Waals surface area (Å²) in [5.41, 5.74) is 0.585. The van der Waals surface area contributed by atoms with Crippen LogP contribution in [0.25, 0.3) is 11.5 Å². The van der Waals surface area contributed by atoms with Crippen LogP contribution in [0.4, 0.5) is 11.7 Å². The first-order chi connectivity index (χ1) is 19.2. The molecule has 0 bridgehead atoms. The summed E-state index contributed by atoms with van der Waals surface area (Å²) in [6.07, 6.45) is 0. The molecule has 4 aromatic rings. The smallest absolute Gasteiger partial charge is 0.322 e. The molecule has 1 amide bonds. The molecule has 2 N–H and O–H groups in total. The number of anilines is 2. The van der Waals surface area contributed by atoms with Crippen LogP contribution in [0, 0.1) is 0 Å². The Morgan fingerprint density at radius 2 is 1.52 bits per heavy atom. The minimum Gasteiger partial charge on any atom is -0.490 e. The average molecular weight is 587 g/mol. The van der Waals surface area contributed by atoms with Gasteiger partial charge in [-0.25, -0.2) is 8.42 Å². The molecule has 1 heterocycles. The van der Waals surface area contributed by atoms with Gasteiger partial charge in [0.05, 0.1) is 36.0 Å². The molecule has 0 radical (unpaired) electrons.